The molecule has 0 bridgehead atoms. The standard InChI is InChI=1S/C14H18N4/c15-13-9-12-3-1-2-4-14(12)18(10-13)8-7-17-6-5-16-11-17/h1-6,11,13H,7-10,15H2. The molecule has 4 heteroatoms. The molecule has 2 aromatic rings. The van der Waals surface area contributed by atoms with Gasteiger partial charge in [0.2, 0.25) is 0 Å². The molecule has 0 amide bonds. The number of anilines is 1. The van der Waals surface area contributed by atoms with Gasteiger partial charge in [-0.3, -0.25) is 0 Å². The van der Waals surface area contributed by atoms with Gasteiger partial charge in [0, 0.05) is 43.8 Å². The van der Waals surface area contributed by atoms with Crippen molar-refractivity contribution in [2.45, 2.75) is 19.0 Å². The summed E-state index contributed by atoms with van der Waals surface area (Å²) >= 11 is 0. The topological polar surface area (TPSA) is 47.1 Å². The van der Waals surface area contributed by atoms with E-state index in [2.05, 4.69) is 38.7 Å². The molecule has 1 aromatic carbocycles. The zero-order valence-electron chi connectivity index (χ0n) is 10.4. The Balaban J connectivity index is 1.76. The molecule has 1 aliphatic rings. The molecule has 2 N–H and O–H groups in total. The number of fused-ring (bicyclic) bond motifs is 1. The van der Waals surface area contributed by atoms with E-state index in [0.29, 0.717) is 0 Å². The van der Waals surface area contributed by atoms with Gasteiger partial charge < -0.3 is 15.2 Å². The van der Waals surface area contributed by atoms with E-state index in [1.807, 2.05) is 18.7 Å². The van der Waals surface area contributed by atoms with E-state index in [4.69, 9.17) is 5.73 Å². The highest BCUT2D eigenvalue weighted by atomic mass is 15.2. The number of hydrogen-bond donors (Lipinski definition) is 1. The molecule has 0 radical (unpaired) electrons. The second-order valence-corrected chi connectivity index (χ2v) is 4.84. The van der Waals surface area contributed by atoms with Gasteiger partial charge in [-0.15, -0.1) is 0 Å². The Bertz CT molecular complexity index is 506. The summed E-state index contributed by atoms with van der Waals surface area (Å²) < 4.78 is 2.10. The zero-order valence-corrected chi connectivity index (χ0v) is 10.4. The molecule has 0 spiro atoms. The van der Waals surface area contributed by atoms with Crippen molar-refractivity contribution >= 4 is 5.69 Å². The Labute approximate surface area is 107 Å². The van der Waals surface area contributed by atoms with E-state index in [0.717, 1.165) is 26.1 Å². The molecule has 4 nitrogen and oxygen atoms in total. The van der Waals surface area contributed by atoms with Gasteiger partial charge in [0.25, 0.3) is 0 Å². The minimum atomic E-state index is 0.239. The molecular formula is C14H18N4. The van der Waals surface area contributed by atoms with Crippen LogP contribution in [0.1, 0.15) is 5.56 Å². The van der Waals surface area contributed by atoms with Gasteiger partial charge in [0.1, 0.15) is 0 Å². The summed E-state index contributed by atoms with van der Waals surface area (Å²) in [5.74, 6) is 0. The van der Waals surface area contributed by atoms with Crippen molar-refractivity contribution in [2.24, 2.45) is 5.73 Å². The normalized spacial score (nSPS) is 18.7. The van der Waals surface area contributed by atoms with E-state index >= 15 is 0 Å². The molecule has 2 heterocycles. The van der Waals surface area contributed by atoms with Gasteiger partial charge in [0.15, 0.2) is 0 Å². The number of nitrogens with zero attached hydrogens (tertiary/aromatic N) is 3. The molecule has 18 heavy (non-hydrogen) atoms. The van der Waals surface area contributed by atoms with Gasteiger partial charge in [-0.05, 0) is 18.1 Å². The number of benzene rings is 1. The summed E-state index contributed by atoms with van der Waals surface area (Å²) in [5, 5.41) is 0. The van der Waals surface area contributed by atoms with Gasteiger partial charge in [-0.2, -0.15) is 0 Å². The Morgan fingerprint density at radius 2 is 2.17 bits per heavy atom. The van der Waals surface area contributed by atoms with Crippen LogP contribution in [0.5, 0.6) is 0 Å². The summed E-state index contributed by atoms with van der Waals surface area (Å²) in [6.45, 7) is 2.85. The third-order valence-corrected chi connectivity index (χ3v) is 3.46. The summed E-state index contributed by atoms with van der Waals surface area (Å²) in [5.41, 5.74) is 8.82. The van der Waals surface area contributed by atoms with E-state index in [1.54, 1.807) is 0 Å². The van der Waals surface area contributed by atoms with Crippen LogP contribution in [-0.2, 0) is 13.0 Å². The zero-order chi connectivity index (χ0) is 12.4. The van der Waals surface area contributed by atoms with Gasteiger partial charge in [-0.25, -0.2) is 4.98 Å². The third kappa shape index (κ3) is 2.24. The predicted octanol–water partition coefficient (Wildman–Crippen LogP) is 1.27. The maximum atomic E-state index is 6.13. The van der Waals surface area contributed by atoms with Gasteiger partial charge in [-0.1, -0.05) is 18.2 Å². The first kappa shape index (κ1) is 11.3. The van der Waals surface area contributed by atoms with Crippen LogP contribution in [0.3, 0.4) is 0 Å². The molecule has 0 aliphatic carbocycles. The predicted molar refractivity (Wildman–Crippen MR) is 72.6 cm³/mol. The minimum Gasteiger partial charge on any atom is -0.368 e. The second-order valence-electron chi connectivity index (χ2n) is 4.84. The number of hydrogen-bond acceptors (Lipinski definition) is 3. The highest BCUT2D eigenvalue weighted by Crippen LogP contribution is 2.25. The first-order chi connectivity index (χ1) is 8.83. The lowest BCUT2D eigenvalue weighted by Crippen LogP contribution is -2.44. The number of aromatic nitrogens is 2. The fourth-order valence-corrected chi connectivity index (χ4v) is 2.59. The fraction of sp³-hybridized carbons (Fsp3) is 0.357. The Morgan fingerprint density at radius 3 is 3.00 bits per heavy atom. The van der Waals surface area contributed by atoms with Crippen LogP contribution in [0.15, 0.2) is 43.0 Å². The molecule has 1 aliphatic heterocycles. The van der Waals surface area contributed by atoms with E-state index < -0.39 is 0 Å². The molecule has 0 fully saturated rings. The number of rotatable bonds is 3. The van der Waals surface area contributed by atoms with Crippen LogP contribution < -0.4 is 10.6 Å². The SMILES string of the molecule is NC1Cc2ccccc2N(CCn2ccnc2)C1. The quantitative estimate of drug-likeness (QED) is 0.881. The van der Waals surface area contributed by atoms with Crippen molar-refractivity contribution in [2.75, 3.05) is 18.0 Å². The first-order valence-electron chi connectivity index (χ1n) is 6.37. The average molecular weight is 242 g/mol. The van der Waals surface area contributed by atoms with Crippen LogP contribution >= 0.6 is 0 Å². The van der Waals surface area contributed by atoms with E-state index in [1.165, 1.54) is 11.3 Å². The van der Waals surface area contributed by atoms with E-state index in [9.17, 15) is 0 Å². The van der Waals surface area contributed by atoms with Crippen molar-refractivity contribution in [1.82, 2.24) is 9.55 Å². The molecule has 0 saturated heterocycles. The summed E-state index contributed by atoms with van der Waals surface area (Å²) in [6, 6.07) is 8.79. The molecule has 1 aromatic heterocycles. The lowest BCUT2D eigenvalue weighted by Gasteiger charge is -2.34. The van der Waals surface area contributed by atoms with Crippen LogP contribution in [0.4, 0.5) is 5.69 Å². The van der Waals surface area contributed by atoms with Crippen LogP contribution in [0.2, 0.25) is 0 Å². The van der Waals surface area contributed by atoms with Gasteiger partial charge >= 0.3 is 0 Å². The highest BCUT2D eigenvalue weighted by molar-refractivity contribution is 5.56. The number of nitrogens with two attached hydrogens (primary N) is 1. The highest BCUT2D eigenvalue weighted by Gasteiger charge is 2.20. The first-order valence-corrected chi connectivity index (χ1v) is 6.37. The van der Waals surface area contributed by atoms with Crippen molar-refractivity contribution in [3.05, 3.63) is 48.5 Å². The lowest BCUT2D eigenvalue weighted by molar-refractivity contribution is 0.571. The third-order valence-electron chi connectivity index (χ3n) is 3.46. The Kier molecular flexibility index (Phi) is 3.02. The molecule has 94 valence electrons. The fourth-order valence-electron chi connectivity index (χ4n) is 2.59. The van der Waals surface area contributed by atoms with Crippen molar-refractivity contribution < 1.29 is 0 Å². The average Bonchev–Trinajstić information content (AvgIpc) is 2.89. The Morgan fingerprint density at radius 1 is 1.28 bits per heavy atom. The minimum absolute atomic E-state index is 0.239. The monoisotopic (exact) mass is 242 g/mol. The smallest absolute Gasteiger partial charge is 0.0946 e. The molecule has 1 atom stereocenters. The largest absolute Gasteiger partial charge is 0.368 e. The molecule has 1 unspecified atom stereocenters. The summed E-state index contributed by atoms with van der Waals surface area (Å²) in [4.78, 5) is 6.44. The van der Waals surface area contributed by atoms with Crippen molar-refractivity contribution in [1.29, 1.82) is 0 Å². The Hall–Kier alpha value is -1.81. The maximum absolute atomic E-state index is 6.13. The second kappa shape index (κ2) is 4.82. The molecule has 3 rings (SSSR count). The van der Waals surface area contributed by atoms with Crippen LogP contribution in [-0.4, -0.2) is 28.7 Å². The number of para-hydroxylation sites is 1. The van der Waals surface area contributed by atoms with Gasteiger partial charge in [0.05, 0.1) is 6.33 Å². The van der Waals surface area contributed by atoms with Crippen LogP contribution in [0, 0.1) is 0 Å². The van der Waals surface area contributed by atoms with Crippen LogP contribution in [0.25, 0.3) is 0 Å². The van der Waals surface area contributed by atoms with E-state index in [-0.39, 0.29) is 6.04 Å². The molecular weight excluding hydrogens is 224 g/mol. The molecule has 0 saturated carbocycles. The summed E-state index contributed by atoms with van der Waals surface area (Å²) in [7, 11) is 0. The van der Waals surface area contributed by atoms with Crippen molar-refractivity contribution in [3.63, 3.8) is 0 Å². The maximum Gasteiger partial charge on any atom is 0.0946 e. The van der Waals surface area contributed by atoms with Crippen molar-refractivity contribution in [3.8, 4) is 0 Å². The number of imidazole rings is 1. The lowest BCUT2D eigenvalue weighted by atomic mass is 9.98. The summed E-state index contributed by atoms with van der Waals surface area (Å²) in [6.07, 6.45) is 6.65.